The molecule has 0 aromatic heterocycles. The molecule has 0 aliphatic carbocycles. The highest BCUT2D eigenvalue weighted by Gasteiger charge is 2.16. The Morgan fingerprint density at radius 1 is 1.47 bits per heavy atom. The number of aryl methyl sites for hydroxylation is 1. The Bertz CT molecular complexity index is 387. The maximum absolute atomic E-state index is 11.6. The molecule has 4 heteroatoms. The van der Waals surface area contributed by atoms with Crippen molar-refractivity contribution in [2.24, 2.45) is 0 Å². The molecular formula is C13H18N2O2. The molecule has 0 spiro atoms. The highest BCUT2D eigenvalue weighted by molar-refractivity contribution is 5.89. The molecule has 0 unspecified atom stereocenters. The minimum Gasteiger partial charge on any atom is -0.376 e. The Morgan fingerprint density at radius 3 is 3.00 bits per heavy atom. The predicted molar refractivity (Wildman–Crippen MR) is 67.2 cm³/mol. The van der Waals surface area contributed by atoms with Crippen LogP contribution in [0.25, 0.3) is 0 Å². The SMILES string of the molecule is Cc1ccccc1NC(=O)NC[C@H]1CCCO1. The molecular weight excluding hydrogens is 216 g/mol. The van der Waals surface area contributed by atoms with Crippen molar-refractivity contribution in [1.82, 2.24) is 5.32 Å². The Labute approximate surface area is 101 Å². The van der Waals surface area contributed by atoms with E-state index >= 15 is 0 Å². The monoisotopic (exact) mass is 234 g/mol. The lowest BCUT2D eigenvalue weighted by Crippen LogP contribution is -2.35. The summed E-state index contributed by atoms with van der Waals surface area (Å²) >= 11 is 0. The summed E-state index contributed by atoms with van der Waals surface area (Å²) in [7, 11) is 0. The fraction of sp³-hybridized carbons (Fsp3) is 0.462. The number of amides is 2. The quantitative estimate of drug-likeness (QED) is 0.843. The number of hydrogen-bond acceptors (Lipinski definition) is 2. The van der Waals surface area contributed by atoms with Gasteiger partial charge in [0, 0.05) is 18.8 Å². The number of rotatable bonds is 3. The Hall–Kier alpha value is -1.55. The number of benzene rings is 1. The van der Waals surface area contributed by atoms with Gasteiger partial charge >= 0.3 is 6.03 Å². The van der Waals surface area contributed by atoms with Gasteiger partial charge in [0.05, 0.1) is 6.10 Å². The maximum atomic E-state index is 11.6. The smallest absolute Gasteiger partial charge is 0.319 e. The molecule has 1 saturated heterocycles. The summed E-state index contributed by atoms with van der Waals surface area (Å²) in [5.41, 5.74) is 1.90. The van der Waals surface area contributed by atoms with Crippen LogP contribution >= 0.6 is 0 Å². The molecule has 1 fully saturated rings. The standard InChI is InChI=1S/C13H18N2O2/c1-10-5-2-3-7-12(10)15-13(16)14-9-11-6-4-8-17-11/h2-3,5,7,11H,4,6,8-9H2,1H3,(H2,14,15,16)/t11-/m1/s1. The molecule has 2 amide bonds. The number of hydrogen-bond donors (Lipinski definition) is 2. The lowest BCUT2D eigenvalue weighted by molar-refractivity contribution is 0.112. The molecule has 1 atom stereocenters. The summed E-state index contributed by atoms with van der Waals surface area (Å²) < 4.78 is 5.43. The minimum absolute atomic E-state index is 0.171. The molecule has 1 heterocycles. The van der Waals surface area contributed by atoms with Gasteiger partial charge in [-0.15, -0.1) is 0 Å². The largest absolute Gasteiger partial charge is 0.376 e. The molecule has 2 N–H and O–H groups in total. The number of para-hydroxylation sites is 1. The van der Waals surface area contributed by atoms with Gasteiger partial charge in [-0.3, -0.25) is 0 Å². The van der Waals surface area contributed by atoms with Crippen molar-refractivity contribution < 1.29 is 9.53 Å². The van der Waals surface area contributed by atoms with Crippen molar-refractivity contribution in [3.63, 3.8) is 0 Å². The van der Waals surface area contributed by atoms with Gasteiger partial charge in [-0.1, -0.05) is 18.2 Å². The van der Waals surface area contributed by atoms with Crippen LogP contribution in [0.1, 0.15) is 18.4 Å². The molecule has 92 valence electrons. The Balaban J connectivity index is 1.79. The van der Waals surface area contributed by atoms with Crippen molar-refractivity contribution in [1.29, 1.82) is 0 Å². The summed E-state index contributed by atoms with van der Waals surface area (Å²) in [6.07, 6.45) is 2.30. The number of nitrogens with one attached hydrogen (secondary N) is 2. The van der Waals surface area contributed by atoms with E-state index in [0.717, 1.165) is 30.7 Å². The third-order valence-electron chi connectivity index (χ3n) is 2.91. The van der Waals surface area contributed by atoms with Crippen molar-refractivity contribution in [2.75, 3.05) is 18.5 Å². The Morgan fingerprint density at radius 2 is 2.29 bits per heavy atom. The Kier molecular flexibility index (Phi) is 3.98. The lowest BCUT2D eigenvalue weighted by Gasteiger charge is -2.12. The van der Waals surface area contributed by atoms with Crippen LogP contribution in [0.5, 0.6) is 0 Å². The molecule has 1 aliphatic heterocycles. The van der Waals surface area contributed by atoms with Crippen LogP contribution in [0.15, 0.2) is 24.3 Å². The van der Waals surface area contributed by atoms with Gasteiger partial charge in [0.1, 0.15) is 0 Å². The summed E-state index contributed by atoms with van der Waals surface area (Å²) in [5.74, 6) is 0. The highest BCUT2D eigenvalue weighted by atomic mass is 16.5. The summed E-state index contributed by atoms with van der Waals surface area (Å²) in [6.45, 7) is 3.36. The van der Waals surface area contributed by atoms with Crippen molar-refractivity contribution >= 4 is 11.7 Å². The fourth-order valence-electron chi connectivity index (χ4n) is 1.89. The van der Waals surface area contributed by atoms with Crippen LogP contribution in [0.4, 0.5) is 10.5 Å². The zero-order valence-electron chi connectivity index (χ0n) is 10.0. The number of anilines is 1. The van der Waals surface area contributed by atoms with Crippen LogP contribution in [-0.2, 0) is 4.74 Å². The van der Waals surface area contributed by atoms with Gasteiger partial charge in [-0.05, 0) is 31.4 Å². The van der Waals surface area contributed by atoms with E-state index in [1.165, 1.54) is 0 Å². The van der Waals surface area contributed by atoms with Gasteiger partial charge in [-0.2, -0.15) is 0 Å². The van der Waals surface area contributed by atoms with E-state index in [1.54, 1.807) is 0 Å². The second-order valence-electron chi connectivity index (χ2n) is 4.28. The van der Waals surface area contributed by atoms with E-state index in [1.807, 2.05) is 31.2 Å². The normalized spacial score (nSPS) is 19.0. The third kappa shape index (κ3) is 3.46. The van der Waals surface area contributed by atoms with Crippen LogP contribution in [0, 0.1) is 6.92 Å². The van der Waals surface area contributed by atoms with E-state index < -0.39 is 0 Å². The van der Waals surface area contributed by atoms with Crippen molar-refractivity contribution in [3.8, 4) is 0 Å². The first-order valence-corrected chi connectivity index (χ1v) is 5.98. The highest BCUT2D eigenvalue weighted by Crippen LogP contribution is 2.13. The van der Waals surface area contributed by atoms with E-state index in [9.17, 15) is 4.79 Å². The molecule has 4 nitrogen and oxygen atoms in total. The molecule has 1 aliphatic rings. The first kappa shape index (κ1) is 11.9. The van der Waals surface area contributed by atoms with Crippen LogP contribution in [-0.4, -0.2) is 25.3 Å². The number of urea groups is 1. The molecule has 0 saturated carbocycles. The van der Waals surface area contributed by atoms with Gasteiger partial charge in [-0.25, -0.2) is 4.79 Å². The van der Waals surface area contributed by atoms with Gasteiger partial charge in [0.2, 0.25) is 0 Å². The first-order valence-electron chi connectivity index (χ1n) is 5.98. The van der Waals surface area contributed by atoms with Crippen molar-refractivity contribution in [3.05, 3.63) is 29.8 Å². The number of carbonyl (C=O) groups excluding carboxylic acids is 1. The topological polar surface area (TPSA) is 50.4 Å². The van der Waals surface area contributed by atoms with Crippen LogP contribution < -0.4 is 10.6 Å². The van der Waals surface area contributed by atoms with Gasteiger partial charge in [0.25, 0.3) is 0 Å². The second kappa shape index (κ2) is 5.68. The molecule has 0 radical (unpaired) electrons. The number of carbonyl (C=O) groups is 1. The first-order chi connectivity index (χ1) is 8.25. The molecule has 1 aromatic rings. The second-order valence-corrected chi connectivity index (χ2v) is 4.28. The van der Waals surface area contributed by atoms with E-state index in [-0.39, 0.29) is 12.1 Å². The minimum atomic E-state index is -0.171. The van der Waals surface area contributed by atoms with Gasteiger partial charge < -0.3 is 15.4 Å². The maximum Gasteiger partial charge on any atom is 0.319 e. The molecule has 2 rings (SSSR count). The zero-order chi connectivity index (χ0) is 12.1. The summed E-state index contributed by atoms with van der Waals surface area (Å²) in [4.78, 5) is 11.6. The third-order valence-corrected chi connectivity index (χ3v) is 2.91. The van der Waals surface area contributed by atoms with E-state index in [0.29, 0.717) is 6.54 Å². The fourth-order valence-corrected chi connectivity index (χ4v) is 1.89. The summed E-state index contributed by atoms with van der Waals surface area (Å²) in [5, 5.41) is 5.65. The predicted octanol–water partition coefficient (Wildman–Crippen LogP) is 2.30. The average Bonchev–Trinajstić information content (AvgIpc) is 2.82. The average molecular weight is 234 g/mol. The van der Waals surface area contributed by atoms with E-state index in [4.69, 9.17) is 4.74 Å². The van der Waals surface area contributed by atoms with Crippen LogP contribution in [0.2, 0.25) is 0 Å². The lowest BCUT2D eigenvalue weighted by atomic mass is 10.2. The van der Waals surface area contributed by atoms with Crippen LogP contribution in [0.3, 0.4) is 0 Å². The molecule has 0 bridgehead atoms. The molecule has 17 heavy (non-hydrogen) atoms. The summed E-state index contributed by atoms with van der Waals surface area (Å²) in [6, 6.07) is 7.54. The number of ether oxygens (including phenoxy) is 1. The molecule has 1 aromatic carbocycles. The van der Waals surface area contributed by atoms with Crippen molar-refractivity contribution in [2.45, 2.75) is 25.9 Å². The van der Waals surface area contributed by atoms with Gasteiger partial charge in [0.15, 0.2) is 0 Å². The zero-order valence-corrected chi connectivity index (χ0v) is 10.0. The van der Waals surface area contributed by atoms with E-state index in [2.05, 4.69) is 10.6 Å².